The number of ether oxygens (including phenoxy) is 4. The van der Waals surface area contributed by atoms with E-state index in [1.165, 1.54) is 27.7 Å². The lowest BCUT2D eigenvalue weighted by molar-refractivity contribution is -0.308. The Morgan fingerprint density at radius 2 is 1.57 bits per heavy atom. The van der Waals surface area contributed by atoms with Crippen LogP contribution >= 0.6 is 0 Å². The molecule has 9 N–H and O–H groups in total. The molecule has 1 aliphatic carbocycles. The zero-order valence-corrected chi connectivity index (χ0v) is 23.7. The third-order valence-corrected chi connectivity index (χ3v) is 7.55. The topological polar surface area (TPSA) is 223 Å². The number of nitrogens with two attached hydrogens (primary N) is 1. The molecule has 3 amide bonds. The molecule has 2 heterocycles. The Hall–Kier alpha value is -1.95. The number of aliphatic hydroxyl groups is 3. The molecule has 2 saturated heterocycles. The molecule has 0 unspecified atom stereocenters. The first-order chi connectivity index (χ1) is 18.7. The predicted octanol–water partition coefficient (Wildman–Crippen LogP) is -3.44. The highest BCUT2D eigenvalue weighted by atomic mass is 16.7. The second-order valence-electron chi connectivity index (χ2n) is 11.1. The molecule has 0 aromatic rings. The van der Waals surface area contributed by atoms with Gasteiger partial charge in [-0.15, -0.1) is 0 Å². The Morgan fingerprint density at radius 1 is 0.950 bits per heavy atom. The number of carbonyl (C=O) groups is 3. The van der Waals surface area contributed by atoms with Gasteiger partial charge in [0.25, 0.3) is 0 Å². The van der Waals surface area contributed by atoms with Crippen molar-refractivity contribution in [1.29, 1.82) is 0 Å². The highest BCUT2D eigenvalue weighted by Crippen LogP contribution is 2.32. The van der Waals surface area contributed by atoms with Crippen LogP contribution in [0.4, 0.5) is 0 Å². The third kappa shape index (κ3) is 8.08. The summed E-state index contributed by atoms with van der Waals surface area (Å²) in [5.74, 6) is -0.880. The van der Waals surface area contributed by atoms with Crippen LogP contribution in [0.15, 0.2) is 0 Å². The van der Waals surface area contributed by atoms with Crippen LogP contribution in [0.25, 0.3) is 0 Å². The van der Waals surface area contributed by atoms with Crippen LogP contribution in [0.2, 0.25) is 0 Å². The van der Waals surface area contributed by atoms with E-state index >= 15 is 0 Å². The zero-order valence-electron chi connectivity index (χ0n) is 23.7. The number of nitrogens with one attached hydrogen (secondary N) is 4. The van der Waals surface area contributed by atoms with Crippen molar-refractivity contribution in [3.8, 4) is 0 Å². The number of carbonyl (C=O) groups excluding carboxylic acids is 3. The first-order valence-corrected chi connectivity index (χ1v) is 13.6. The van der Waals surface area contributed by atoms with Gasteiger partial charge in [-0.05, 0) is 33.2 Å². The number of aliphatic hydroxyl groups excluding tert-OH is 2. The minimum absolute atomic E-state index is 0.148. The van der Waals surface area contributed by atoms with Crippen molar-refractivity contribution >= 4 is 17.7 Å². The molecule has 3 fully saturated rings. The van der Waals surface area contributed by atoms with Gasteiger partial charge in [-0.2, -0.15) is 0 Å². The predicted molar refractivity (Wildman–Crippen MR) is 139 cm³/mol. The maximum atomic E-state index is 12.0. The molecule has 0 aromatic carbocycles. The fraction of sp³-hybridized carbons (Fsp3) is 0.880. The lowest BCUT2D eigenvalue weighted by Crippen LogP contribution is -2.69. The third-order valence-electron chi connectivity index (χ3n) is 7.55. The standard InChI is InChI=1S/C25H45N5O10/c1-11(31)28-9-14-6-7-16(29-12(2)32)23(38-14)39-20-15(26)8-17(30-13(3)33)21(18(20)34)40-24-19(35)22(27-5)25(4,36)10-37-24/h14-24,27,34-36H,6-10,26H2,1-5H3,(H,28,31)(H,29,32)(H,30,33)/t14-,15-,16+,17+,18+,19-,20+,21-,22+,23-,24+,25-/m0/s1. The van der Waals surface area contributed by atoms with Crippen molar-refractivity contribution in [2.24, 2.45) is 5.73 Å². The molecule has 15 heteroatoms. The molecule has 230 valence electrons. The molecular weight excluding hydrogens is 530 g/mol. The van der Waals surface area contributed by atoms with E-state index in [0.717, 1.165) is 0 Å². The van der Waals surface area contributed by atoms with E-state index in [-0.39, 0.29) is 37.3 Å². The number of likely N-dealkylation sites (N-methyl/N-ethyl adjacent to an activating group) is 1. The summed E-state index contributed by atoms with van der Waals surface area (Å²) in [4.78, 5) is 35.2. The van der Waals surface area contributed by atoms with Gasteiger partial charge in [0.2, 0.25) is 17.7 Å². The van der Waals surface area contributed by atoms with Gasteiger partial charge in [0.1, 0.15) is 30.0 Å². The van der Waals surface area contributed by atoms with E-state index in [9.17, 15) is 29.7 Å². The Balaban J connectivity index is 1.80. The molecule has 40 heavy (non-hydrogen) atoms. The summed E-state index contributed by atoms with van der Waals surface area (Å²) in [6.45, 7) is 5.69. The van der Waals surface area contributed by atoms with Crippen LogP contribution in [0.1, 0.15) is 47.0 Å². The normalized spacial score (nSPS) is 42.1. The molecule has 0 radical (unpaired) electrons. The van der Waals surface area contributed by atoms with Crippen molar-refractivity contribution < 1.29 is 48.7 Å². The second kappa shape index (κ2) is 13.8. The maximum absolute atomic E-state index is 12.0. The molecule has 0 aromatic heterocycles. The summed E-state index contributed by atoms with van der Waals surface area (Å²) >= 11 is 0. The summed E-state index contributed by atoms with van der Waals surface area (Å²) in [6.07, 6.45) is -6.35. The van der Waals surface area contributed by atoms with Gasteiger partial charge in [0.15, 0.2) is 12.6 Å². The van der Waals surface area contributed by atoms with Crippen LogP contribution in [-0.4, -0.2) is 126 Å². The summed E-state index contributed by atoms with van der Waals surface area (Å²) < 4.78 is 23.9. The highest BCUT2D eigenvalue weighted by molar-refractivity contribution is 5.73. The van der Waals surface area contributed by atoms with E-state index in [2.05, 4.69) is 21.3 Å². The Kier molecular flexibility index (Phi) is 11.2. The molecular formula is C25H45N5O10. The van der Waals surface area contributed by atoms with Crippen molar-refractivity contribution in [3.63, 3.8) is 0 Å². The SMILES string of the molecule is CN[C@@H]1[C@H](O)[C@@H](O[C@@H]2[C@H](O)[C@H](O[C@@H]3O[C@H](CNC(C)=O)CC[C@H]3NC(C)=O)[C@@H](N)C[C@H]2NC(C)=O)OC[C@]1(C)O. The summed E-state index contributed by atoms with van der Waals surface area (Å²) in [5, 5.41) is 44.0. The van der Waals surface area contributed by atoms with Crippen LogP contribution in [0, 0.1) is 0 Å². The molecule has 0 spiro atoms. The number of hydrogen-bond acceptors (Lipinski definition) is 12. The first-order valence-electron chi connectivity index (χ1n) is 13.6. The van der Waals surface area contributed by atoms with Gasteiger partial charge in [-0.3, -0.25) is 14.4 Å². The van der Waals surface area contributed by atoms with E-state index in [1.54, 1.807) is 7.05 Å². The van der Waals surface area contributed by atoms with Crippen LogP contribution in [0.5, 0.6) is 0 Å². The van der Waals surface area contributed by atoms with E-state index in [0.29, 0.717) is 12.8 Å². The van der Waals surface area contributed by atoms with Crippen molar-refractivity contribution in [2.45, 2.75) is 120 Å². The molecule has 2 aliphatic heterocycles. The lowest BCUT2D eigenvalue weighted by atomic mass is 9.83. The van der Waals surface area contributed by atoms with Crippen LogP contribution in [-0.2, 0) is 33.3 Å². The fourth-order valence-electron chi connectivity index (χ4n) is 5.66. The van der Waals surface area contributed by atoms with E-state index in [1.807, 2.05) is 0 Å². The first kappa shape index (κ1) is 32.6. The zero-order chi connectivity index (χ0) is 29.8. The van der Waals surface area contributed by atoms with Gasteiger partial charge in [0.05, 0.1) is 30.8 Å². The average molecular weight is 576 g/mol. The van der Waals surface area contributed by atoms with Crippen molar-refractivity contribution in [1.82, 2.24) is 21.3 Å². The maximum Gasteiger partial charge on any atom is 0.217 e. The smallest absolute Gasteiger partial charge is 0.217 e. The molecule has 0 bridgehead atoms. The van der Waals surface area contributed by atoms with E-state index in [4.69, 9.17) is 24.7 Å². The molecule has 3 aliphatic rings. The molecule has 15 nitrogen and oxygen atoms in total. The van der Waals surface area contributed by atoms with Gasteiger partial charge in [0, 0.05) is 33.4 Å². The van der Waals surface area contributed by atoms with Crippen LogP contribution in [0.3, 0.4) is 0 Å². The van der Waals surface area contributed by atoms with E-state index < -0.39 is 72.9 Å². The highest BCUT2D eigenvalue weighted by Gasteiger charge is 2.51. The lowest BCUT2D eigenvalue weighted by Gasteiger charge is -2.49. The summed E-state index contributed by atoms with van der Waals surface area (Å²) in [5.41, 5.74) is 5.04. The van der Waals surface area contributed by atoms with Gasteiger partial charge >= 0.3 is 0 Å². The summed E-state index contributed by atoms with van der Waals surface area (Å²) in [6, 6.07) is -2.86. The van der Waals surface area contributed by atoms with Gasteiger partial charge in [-0.25, -0.2) is 0 Å². The Bertz CT molecular complexity index is 894. The summed E-state index contributed by atoms with van der Waals surface area (Å²) in [7, 11) is 1.58. The minimum Gasteiger partial charge on any atom is -0.388 e. The number of rotatable bonds is 9. The van der Waals surface area contributed by atoms with Crippen molar-refractivity contribution in [3.05, 3.63) is 0 Å². The number of amides is 3. The number of hydrogen-bond donors (Lipinski definition) is 8. The molecule has 3 rings (SSSR count). The average Bonchev–Trinajstić information content (AvgIpc) is 2.84. The van der Waals surface area contributed by atoms with Crippen molar-refractivity contribution in [2.75, 3.05) is 20.2 Å². The minimum atomic E-state index is -1.41. The Morgan fingerprint density at radius 3 is 2.17 bits per heavy atom. The molecule has 12 atom stereocenters. The van der Waals surface area contributed by atoms with Crippen LogP contribution < -0.4 is 27.0 Å². The second-order valence-corrected chi connectivity index (χ2v) is 11.1. The molecule has 1 saturated carbocycles. The Labute approximate surface area is 233 Å². The largest absolute Gasteiger partial charge is 0.388 e. The van der Waals surface area contributed by atoms with Gasteiger partial charge < -0.3 is 61.3 Å². The van der Waals surface area contributed by atoms with Gasteiger partial charge in [-0.1, -0.05) is 0 Å². The quantitative estimate of drug-likeness (QED) is 0.134. The monoisotopic (exact) mass is 575 g/mol. The fourth-order valence-corrected chi connectivity index (χ4v) is 5.66.